The van der Waals surface area contributed by atoms with Crippen LogP contribution in [0, 0.1) is 5.92 Å². The van der Waals surface area contributed by atoms with E-state index < -0.39 is 0 Å². The van der Waals surface area contributed by atoms with Crippen LogP contribution in [0.1, 0.15) is 162 Å². The van der Waals surface area contributed by atoms with Gasteiger partial charge < -0.3 is 4.74 Å². The fraction of sp³-hybridized carbons (Fsp3) is 0.900. The van der Waals surface area contributed by atoms with E-state index in [1.165, 1.54) is 135 Å². The normalized spacial score (nSPS) is 12.5. The van der Waals surface area contributed by atoms with Crippen LogP contribution in [-0.2, 0) is 9.53 Å². The van der Waals surface area contributed by atoms with Gasteiger partial charge in [0.05, 0.1) is 6.61 Å². The fourth-order valence-corrected chi connectivity index (χ4v) is 4.37. The molecule has 32 heavy (non-hydrogen) atoms. The predicted octanol–water partition coefficient (Wildman–Crippen LogP) is 10.3. The average molecular weight is 451 g/mol. The van der Waals surface area contributed by atoms with Gasteiger partial charge in [0, 0.05) is 6.08 Å². The molecule has 0 heterocycles. The van der Waals surface area contributed by atoms with Crippen LogP contribution in [-0.4, -0.2) is 12.6 Å². The molecule has 0 bridgehead atoms. The van der Waals surface area contributed by atoms with E-state index in [-0.39, 0.29) is 5.97 Å². The molecule has 0 rings (SSSR count). The summed E-state index contributed by atoms with van der Waals surface area (Å²) in [5.74, 6) is 0.403. The maximum Gasteiger partial charge on any atom is 0.330 e. The van der Waals surface area contributed by atoms with Crippen molar-refractivity contribution in [1.82, 2.24) is 0 Å². The van der Waals surface area contributed by atoms with Crippen LogP contribution in [0.25, 0.3) is 0 Å². The van der Waals surface area contributed by atoms with E-state index in [0.717, 1.165) is 6.42 Å². The average Bonchev–Trinajstić information content (AvgIpc) is 2.80. The summed E-state index contributed by atoms with van der Waals surface area (Å²) in [7, 11) is 0. The largest absolute Gasteiger partial charge is 0.462 e. The Bertz CT molecular complexity index is 402. The summed E-state index contributed by atoms with van der Waals surface area (Å²) in [5, 5.41) is 0. The van der Waals surface area contributed by atoms with Gasteiger partial charge in [0.15, 0.2) is 0 Å². The summed E-state index contributed by atoms with van der Waals surface area (Å²) in [4.78, 5) is 12.0. The van der Waals surface area contributed by atoms with Crippen molar-refractivity contribution in [1.29, 1.82) is 0 Å². The third-order valence-corrected chi connectivity index (χ3v) is 6.62. The molecule has 190 valence electrons. The lowest BCUT2D eigenvalue weighted by molar-refractivity contribution is -0.139. The molecule has 0 fully saturated rings. The standard InChI is InChI=1S/C30H58O2/c1-4-7-10-12-13-14-15-16-17-18-19-20-21-22-24-27-30(31)32-28-29(25-9-6-3)26-23-11-8-5-2/h24,27,29H,4-23,25-26,28H2,1-3H3. The van der Waals surface area contributed by atoms with E-state index in [2.05, 4.69) is 20.8 Å². The molecule has 0 aliphatic carbocycles. The van der Waals surface area contributed by atoms with Gasteiger partial charge >= 0.3 is 5.97 Å². The number of esters is 1. The van der Waals surface area contributed by atoms with Crippen molar-refractivity contribution in [3.63, 3.8) is 0 Å². The lowest BCUT2D eigenvalue weighted by atomic mass is 9.96. The molecule has 2 nitrogen and oxygen atoms in total. The van der Waals surface area contributed by atoms with Crippen LogP contribution < -0.4 is 0 Å². The molecule has 0 aliphatic rings. The highest BCUT2D eigenvalue weighted by atomic mass is 16.5. The van der Waals surface area contributed by atoms with Crippen LogP contribution in [0.5, 0.6) is 0 Å². The quantitative estimate of drug-likeness (QED) is 0.0785. The molecule has 0 N–H and O–H groups in total. The number of carbonyl (C=O) groups is 1. The Hall–Kier alpha value is -0.790. The Labute approximate surface area is 202 Å². The maximum atomic E-state index is 12.0. The summed E-state index contributed by atoms with van der Waals surface area (Å²) >= 11 is 0. The Morgan fingerprint density at radius 3 is 1.56 bits per heavy atom. The number of hydrogen-bond donors (Lipinski definition) is 0. The molecular weight excluding hydrogens is 392 g/mol. The monoisotopic (exact) mass is 450 g/mol. The van der Waals surface area contributed by atoms with Gasteiger partial charge in [-0.2, -0.15) is 0 Å². The summed E-state index contributed by atoms with van der Waals surface area (Å²) in [6.45, 7) is 7.37. The van der Waals surface area contributed by atoms with E-state index in [9.17, 15) is 4.79 Å². The lowest BCUT2D eigenvalue weighted by Crippen LogP contribution is -2.13. The zero-order chi connectivity index (χ0) is 23.5. The molecule has 0 saturated heterocycles. The SMILES string of the molecule is CCCCCCCCCCCCCCCC=CC(=O)OCC(CCCC)CCCCCC. The number of ether oxygens (including phenoxy) is 1. The molecule has 0 saturated carbocycles. The van der Waals surface area contributed by atoms with Crippen molar-refractivity contribution in [3.8, 4) is 0 Å². The lowest BCUT2D eigenvalue weighted by Gasteiger charge is -2.16. The van der Waals surface area contributed by atoms with Crippen molar-refractivity contribution >= 4 is 5.97 Å². The van der Waals surface area contributed by atoms with Crippen LogP contribution in [0.2, 0.25) is 0 Å². The van der Waals surface area contributed by atoms with Crippen molar-refractivity contribution < 1.29 is 9.53 Å². The van der Waals surface area contributed by atoms with Gasteiger partial charge in [0.2, 0.25) is 0 Å². The molecule has 1 atom stereocenters. The number of unbranched alkanes of at least 4 members (excludes halogenated alkanes) is 17. The Morgan fingerprint density at radius 1 is 0.594 bits per heavy atom. The first-order chi connectivity index (χ1) is 15.7. The van der Waals surface area contributed by atoms with E-state index in [4.69, 9.17) is 4.74 Å². The first-order valence-electron chi connectivity index (χ1n) is 14.6. The van der Waals surface area contributed by atoms with E-state index in [1.807, 2.05) is 6.08 Å². The number of allylic oxidation sites excluding steroid dienone is 1. The van der Waals surface area contributed by atoms with Crippen LogP contribution in [0.15, 0.2) is 12.2 Å². The zero-order valence-electron chi connectivity index (χ0n) is 22.3. The van der Waals surface area contributed by atoms with Crippen molar-refractivity contribution in [2.24, 2.45) is 5.92 Å². The number of hydrogen-bond acceptors (Lipinski definition) is 2. The third-order valence-electron chi connectivity index (χ3n) is 6.62. The highest BCUT2D eigenvalue weighted by Gasteiger charge is 2.10. The minimum atomic E-state index is -0.144. The highest BCUT2D eigenvalue weighted by molar-refractivity contribution is 5.81. The summed E-state index contributed by atoms with van der Waals surface area (Å²) < 4.78 is 5.55. The van der Waals surface area contributed by atoms with Crippen LogP contribution in [0.4, 0.5) is 0 Å². The second-order valence-electron chi connectivity index (χ2n) is 9.92. The molecule has 0 aliphatic heterocycles. The van der Waals surface area contributed by atoms with Gasteiger partial charge in [0.25, 0.3) is 0 Å². The van der Waals surface area contributed by atoms with Gasteiger partial charge in [-0.15, -0.1) is 0 Å². The van der Waals surface area contributed by atoms with Gasteiger partial charge in [-0.25, -0.2) is 4.79 Å². The van der Waals surface area contributed by atoms with Crippen molar-refractivity contribution in [3.05, 3.63) is 12.2 Å². The van der Waals surface area contributed by atoms with Gasteiger partial charge in [0.1, 0.15) is 0 Å². The molecule has 0 aromatic carbocycles. The van der Waals surface area contributed by atoms with Crippen molar-refractivity contribution in [2.45, 2.75) is 162 Å². The molecular formula is C30H58O2. The van der Waals surface area contributed by atoms with E-state index in [0.29, 0.717) is 12.5 Å². The smallest absolute Gasteiger partial charge is 0.330 e. The Kier molecular flexibility index (Phi) is 25.8. The van der Waals surface area contributed by atoms with Gasteiger partial charge in [-0.1, -0.05) is 142 Å². The molecule has 0 aromatic heterocycles. The van der Waals surface area contributed by atoms with Crippen LogP contribution in [0.3, 0.4) is 0 Å². The summed E-state index contributed by atoms with van der Waals surface area (Å²) in [6, 6.07) is 0. The Balaban J connectivity index is 3.58. The minimum absolute atomic E-state index is 0.144. The predicted molar refractivity (Wildman–Crippen MR) is 142 cm³/mol. The molecule has 0 aromatic rings. The second-order valence-corrected chi connectivity index (χ2v) is 9.92. The Morgan fingerprint density at radius 2 is 1.03 bits per heavy atom. The fourth-order valence-electron chi connectivity index (χ4n) is 4.37. The second kappa shape index (κ2) is 26.5. The molecule has 2 heteroatoms. The van der Waals surface area contributed by atoms with Gasteiger partial charge in [-0.05, 0) is 31.6 Å². The first kappa shape index (κ1) is 31.2. The highest BCUT2D eigenvalue weighted by Crippen LogP contribution is 2.18. The van der Waals surface area contributed by atoms with E-state index in [1.54, 1.807) is 6.08 Å². The number of rotatable bonds is 25. The minimum Gasteiger partial charge on any atom is -0.462 e. The molecule has 0 spiro atoms. The molecule has 0 radical (unpaired) electrons. The maximum absolute atomic E-state index is 12.0. The van der Waals surface area contributed by atoms with Crippen LogP contribution >= 0.6 is 0 Å². The number of carbonyl (C=O) groups excluding carboxylic acids is 1. The first-order valence-corrected chi connectivity index (χ1v) is 14.6. The molecule has 0 amide bonds. The molecule has 1 unspecified atom stereocenters. The topological polar surface area (TPSA) is 26.3 Å². The summed E-state index contributed by atoms with van der Waals surface area (Å²) in [6.07, 6.45) is 32.6. The third kappa shape index (κ3) is 23.9. The van der Waals surface area contributed by atoms with Crippen molar-refractivity contribution in [2.75, 3.05) is 6.61 Å². The zero-order valence-corrected chi connectivity index (χ0v) is 22.3. The summed E-state index contributed by atoms with van der Waals surface area (Å²) in [5.41, 5.74) is 0. The van der Waals surface area contributed by atoms with Gasteiger partial charge in [-0.3, -0.25) is 0 Å². The van der Waals surface area contributed by atoms with E-state index >= 15 is 0 Å².